The summed E-state index contributed by atoms with van der Waals surface area (Å²) in [6, 6.07) is 4.97. The van der Waals surface area contributed by atoms with Crippen LogP contribution >= 0.6 is 58.0 Å². The molecule has 0 aromatic heterocycles. The van der Waals surface area contributed by atoms with Crippen LogP contribution in [0.3, 0.4) is 0 Å². The number of rotatable bonds is 3. The van der Waals surface area contributed by atoms with E-state index in [1.165, 1.54) is 14.2 Å². The van der Waals surface area contributed by atoms with Crippen molar-refractivity contribution in [3.8, 4) is 22.6 Å². The van der Waals surface area contributed by atoms with E-state index in [1.54, 1.807) is 18.2 Å². The van der Waals surface area contributed by atoms with Crippen molar-refractivity contribution in [3.63, 3.8) is 0 Å². The van der Waals surface area contributed by atoms with Gasteiger partial charge in [0.15, 0.2) is 11.5 Å². The Morgan fingerprint density at radius 3 is 1.90 bits per heavy atom. The molecule has 0 bridgehead atoms. The number of methoxy groups -OCH3 is 2. The van der Waals surface area contributed by atoms with E-state index in [0.29, 0.717) is 21.2 Å². The summed E-state index contributed by atoms with van der Waals surface area (Å²) in [5, 5.41) is 1.57. The van der Waals surface area contributed by atoms with Gasteiger partial charge >= 0.3 is 0 Å². The number of benzene rings is 2. The highest BCUT2D eigenvalue weighted by molar-refractivity contribution is 6.48. The Hall–Kier alpha value is -0.510. The van der Waals surface area contributed by atoms with Crippen molar-refractivity contribution < 1.29 is 9.47 Å². The lowest BCUT2D eigenvalue weighted by Crippen LogP contribution is -1.96. The van der Waals surface area contributed by atoms with Gasteiger partial charge in [-0.15, -0.1) is 0 Å². The lowest BCUT2D eigenvalue weighted by atomic mass is 10.0. The molecule has 2 rings (SSSR count). The van der Waals surface area contributed by atoms with Gasteiger partial charge in [-0.05, 0) is 18.2 Å². The maximum atomic E-state index is 6.38. The lowest BCUT2D eigenvalue weighted by molar-refractivity contribution is 0.355. The maximum Gasteiger partial charge on any atom is 0.182 e. The molecule has 0 heterocycles. The molecule has 0 fully saturated rings. The number of ether oxygens (including phenoxy) is 2. The third kappa shape index (κ3) is 3.01. The molecule has 0 atom stereocenters. The Morgan fingerprint density at radius 1 is 0.762 bits per heavy atom. The highest BCUT2D eigenvalue weighted by Crippen LogP contribution is 2.52. The van der Waals surface area contributed by atoms with Gasteiger partial charge in [0.2, 0.25) is 0 Å². The zero-order valence-electron chi connectivity index (χ0n) is 10.9. The quantitative estimate of drug-likeness (QED) is 0.551. The van der Waals surface area contributed by atoms with E-state index in [9.17, 15) is 0 Å². The van der Waals surface area contributed by atoms with Crippen LogP contribution in [0.4, 0.5) is 0 Å². The molecule has 0 aliphatic heterocycles. The Bertz CT molecular complexity index is 700. The van der Waals surface area contributed by atoms with E-state index in [2.05, 4.69) is 0 Å². The van der Waals surface area contributed by atoms with Crippen molar-refractivity contribution in [1.29, 1.82) is 0 Å². The molecule has 2 aromatic carbocycles. The zero-order valence-corrected chi connectivity index (χ0v) is 14.7. The van der Waals surface area contributed by atoms with Crippen LogP contribution in [0.25, 0.3) is 11.1 Å². The summed E-state index contributed by atoms with van der Waals surface area (Å²) < 4.78 is 10.4. The average molecular weight is 386 g/mol. The van der Waals surface area contributed by atoms with Crippen molar-refractivity contribution in [1.82, 2.24) is 0 Å². The fraction of sp³-hybridized carbons (Fsp3) is 0.143. The average Bonchev–Trinajstić information content (AvgIpc) is 2.46. The van der Waals surface area contributed by atoms with Crippen molar-refractivity contribution >= 4 is 58.0 Å². The molecule has 0 N–H and O–H groups in total. The highest BCUT2D eigenvalue weighted by Gasteiger charge is 2.25. The predicted molar refractivity (Wildman–Crippen MR) is 90.0 cm³/mol. The van der Waals surface area contributed by atoms with E-state index >= 15 is 0 Å². The molecule has 21 heavy (non-hydrogen) atoms. The second-order valence-corrected chi connectivity index (χ2v) is 5.99. The molecule has 0 unspecified atom stereocenters. The predicted octanol–water partition coefficient (Wildman–Crippen LogP) is 6.64. The van der Waals surface area contributed by atoms with Gasteiger partial charge in [-0.2, -0.15) is 0 Å². The smallest absolute Gasteiger partial charge is 0.182 e. The first-order valence-corrected chi connectivity index (χ1v) is 7.55. The van der Waals surface area contributed by atoms with E-state index in [-0.39, 0.29) is 26.6 Å². The van der Waals surface area contributed by atoms with Gasteiger partial charge in [0, 0.05) is 21.2 Å². The van der Waals surface area contributed by atoms with Crippen LogP contribution in [0.1, 0.15) is 0 Å². The number of halogens is 5. The van der Waals surface area contributed by atoms with E-state index in [1.807, 2.05) is 0 Å². The largest absolute Gasteiger partial charge is 0.491 e. The molecule has 7 heteroatoms. The second-order valence-electron chi connectivity index (χ2n) is 4.01. The molecule has 0 spiro atoms. The minimum absolute atomic E-state index is 0.187. The number of hydrogen-bond acceptors (Lipinski definition) is 2. The first kappa shape index (κ1) is 16.9. The first-order valence-electron chi connectivity index (χ1n) is 5.66. The third-order valence-electron chi connectivity index (χ3n) is 2.84. The maximum absolute atomic E-state index is 6.38. The molecule has 0 saturated carbocycles. The van der Waals surface area contributed by atoms with Gasteiger partial charge in [-0.3, -0.25) is 0 Å². The minimum atomic E-state index is 0.187. The summed E-state index contributed by atoms with van der Waals surface area (Å²) in [5.74, 6) is 0.538. The van der Waals surface area contributed by atoms with Crippen LogP contribution in [-0.2, 0) is 0 Å². The molecule has 0 amide bonds. The Kier molecular flexibility index (Phi) is 5.39. The van der Waals surface area contributed by atoms with Crippen molar-refractivity contribution in [3.05, 3.63) is 43.3 Å². The van der Waals surface area contributed by atoms with Gasteiger partial charge in [0.25, 0.3) is 0 Å². The summed E-state index contributed by atoms with van der Waals surface area (Å²) in [7, 11) is 2.90. The topological polar surface area (TPSA) is 18.5 Å². The SMILES string of the molecule is COc1c(Cl)c(Cl)c(-c2cc(Cl)ccc2Cl)c(Cl)c1OC. The van der Waals surface area contributed by atoms with Crippen LogP contribution in [0.5, 0.6) is 11.5 Å². The molecule has 2 nitrogen and oxygen atoms in total. The standard InChI is InChI=1S/C14H9Cl5O2/c1-20-13-11(18)9(10(17)12(19)14(13)21-2)7-5-6(15)3-4-8(7)16/h3-5H,1-2H3. The molecule has 0 radical (unpaired) electrons. The van der Waals surface area contributed by atoms with Gasteiger partial charge in [0.05, 0.1) is 24.3 Å². The molecular formula is C14H9Cl5O2. The van der Waals surface area contributed by atoms with Crippen LogP contribution in [0.2, 0.25) is 25.1 Å². The lowest BCUT2D eigenvalue weighted by Gasteiger charge is -2.17. The summed E-state index contributed by atoms with van der Waals surface area (Å²) in [6.45, 7) is 0. The van der Waals surface area contributed by atoms with Crippen LogP contribution in [-0.4, -0.2) is 14.2 Å². The Balaban J connectivity index is 2.87. The molecule has 0 aliphatic carbocycles. The van der Waals surface area contributed by atoms with Crippen molar-refractivity contribution in [2.45, 2.75) is 0 Å². The van der Waals surface area contributed by atoms with Crippen molar-refractivity contribution in [2.24, 2.45) is 0 Å². The Labute approximate surface area is 147 Å². The fourth-order valence-electron chi connectivity index (χ4n) is 1.91. The van der Waals surface area contributed by atoms with Gasteiger partial charge < -0.3 is 9.47 Å². The summed E-state index contributed by atoms with van der Waals surface area (Å²) in [6.07, 6.45) is 0. The normalized spacial score (nSPS) is 10.6. The van der Waals surface area contributed by atoms with Crippen LogP contribution < -0.4 is 9.47 Å². The molecule has 0 saturated heterocycles. The second kappa shape index (κ2) is 6.72. The first-order chi connectivity index (χ1) is 9.92. The molecule has 112 valence electrons. The monoisotopic (exact) mass is 384 g/mol. The summed E-state index contributed by atoms with van der Waals surface area (Å²) in [4.78, 5) is 0. The van der Waals surface area contributed by atoms with E-state index in [4.69, 9.17) is 67.5 Å². The third-order valence-corrected chi connectivity index (χ3v) is 4.60. The zero-order chi connectivity index (χ0) is 15.7. The Morgan fingerprint density at radius 2 is 1.33 bits per heavy atom. The number of hydrogen-bond donors (Lipinski definition) is 0. The van der Waals surface area contributed by atoms with Crippen LogP contribution in [0, 0.1) is 0 Å². The van der Waals surface area contributed by atoms with Gasteiger partial charge in [-0.25, -0.2) is 0 Å². The fourth-order valence-corrected chi connectivity index (χ4v) is 3.24. The minimum Gasteiger partial charge on any atom is -0.491 e. The highest BCUT2D eigenvalue weighted by atomic mass is 35.5. The van der Waals surface area contributed by atoms with Crippen molar-refractivity contribution in [2.75, 3.05) is 14.2 Å². The van der Waals surface area contributed by atoms with Gasteiger partial charge in [0.1, 0.15) is 5.02 Å². The summed E-state index contributed by atoms with van der Waals surface area (Å²) >= 11 is 31.1. The van der Waals surface area contributed by atoms with E-state index < -0.39 is 0 Å². The summed E-state index contributed by atoms with van der Waals surface area (Å²) in [5.41, 5.74) is 0.996. The molecule has 2 aromatic rings. The molecule has 0 aliphatic rings. The van der Waals surface area contributed by atoms with Gasteiger partial charge in [-0.1, -0.05) is 58.0 Å². The van der Waals surface area contributed by atoms with E-state index in [0.717, 1.165) is 0 Å². The van der Waals surface area contributed by atoms with Crippen LogP contribution in [0.15, 0.2) is 18.2 Å². The molecular weight excluding hydrogens is 377 g/mol.